The van der Waals surface area contributed by atoms with Crippen LogP contribution >= 0.6 is 0 Å². The Morgan fingerprint density at radius 1 is 0.960 bits per heavy atom. The summed E-state index contributed by atoms with van der Waals surface area (Å²) >= 11 is 0. The number of amides is 2. The number of carbonyl (C=O) groups excluding carboxylic acids is 4. The number of aliphatic hydroxyl groups excluding tert-OH is 1. The first-order valence-corrected chi connectivity index (χ1v) is 18.5. The van der Waals surface area contributed by atoms with Gasteiger partial charge in [0.25, 0.3) is 0 Å². The number of hydrogen-bond acceptors (Lipinski definition) is 10. The lowest BCUT2D eigenvalue weighted by Crippen LogP contribution is -2.69. The minimum Gasteiger partial charge on any atom is -0.450 e. The maximum absolute atomic E-state index is 17.3. The van der Waals surface area contributed by atoms with Gasteiger partial charge in [-0.15, -0.1) is 0 Å². The van der Waals surface area contributed by atoms with Crippen molar-refractivity contribution in [3.05, 3.63) is 23.8 Å². The molecule has 13 heteroatoms. The molecule has 0 aliphatic heterocycles. The number of unbranched alkanes of at least 4 members (excludes halogenated alkanes) is 4. The fourth-order valence-corrected chi connectivity index (χ4v) is 9.25. The normalized spacial score (nSPS) is 34.2. The molecule has 0 spiro atoms. The fourth-order valence-electron chi connectivity index (χ4n) is 9.25. The van der Waals surface area contributed by atoms with Crippen LogP contribution in [0.25, 0.3) is 0 Å². The topological polar surface area (TPSA) is 189 Å². The number of aliphatic hydroxyl groups is 2. The second kappa shape index (κ2) is 17.1. The van der Waals surface area contributed by atoms with Crippen LogP contribution in [-0.4, -0.2) is 97.3 Å². The minimum absolute atomic E-state index is 0.0994. The van der Waals surface area contributed by atoms with E-state index >= 15 is 4.39 Å². The number of carbonyl (C=O) groups is 4. The second-order valence-corrected chi connectivity index (χ2v) is 15.2. The van der Waals surface area contributed by atoms with Crippen molar-refractivity contribution in [1.29, 1.82) is 0 Å². The van der Waals surface area contributed by atoms with E-state index in [1.165, 1.54) is 6.08 Å². The maximum Gasteiger partial charge on any atom is 0.407 e. The standard InChI is InChI=1S/C37H59FN4O8/c1-25-21-29-28-12-11-26-22-27(43)13-14-34(26,2)36(28,38)30(44)23-35(29,3)37(25,48)31(45)24-50-33(47)41-18-7-4-5-9-20-49-32(46)42-19-10-17-40-16-8-6-15-39/h11,13-14,25,28-30,40,44,48H,4-10,12,15-24,39H2,1-3H3,(H,41,47)(H,42,46)/t25-,28?,29?,30?,34?,35?,36+,37+/m1/s1. The van der Waals surface area contributed by atoms with E-state index in [-0.39, 0.29) is 18.6 Å². The maximum atomic E-state index is 17.3. The van der Waals surface area contributed by atoms with Crippen LogP contribution in [0.3, 0.4) is 0 Å². The largest absolute Gasteiger partial charge is 0.450 e. The van der Waals surface area contributed by atoms with E-state index in [1.54, 1.807) is 26.8 Å². The fraction of sp³-hybridized carbons (Fsp3) is 0.784. The number of rotatable bonds is 18. The lowest BCUT2D eigenvalue weighted by atomic mass is 9.45. The molecule has 0 saturated heterocycles. The van der Waals surface area contributed by atoms with Gasteiger partial charge in [0.05, 0.1) is 12.7 Å². The van der Waals surface area contributed by atoms with Gasteiger partial charge in [-0.05, 0) is 102 Å². The van der Waals surface area contributed by atoms with Crippen molar-refractivity contribution >= 4 is 23.8 Å². The van der Waals surface area contributed by atoms with Crippen molar-refractivity contribution in [1.82, 2.24) is 16.0 Å². The van der Waals surface area contributed by atoms with Gasteiger partial charge in [0.15, 0.2) is 18.1 Å². The Morgan fingerprint density at radius 3 is 2.36 bits per heavy atom. The van der Waals surface area contributed by atoms with Crippen LogP contribution in [0.5, 0.6) is 0 Å². The Morgan fingerprint density at radius 2 is 1.62 bits per heavy atom. The van der Waals surface area contributed by atoms with Crippen LogP contribution in [0.1, 0.15) is 91.4 Å². The van der Waals surface area contributed by atoms with Crippen molar-refractivity contribution in [3.8, 4) is 0 Å². The predicted octanol–water partition coefficient (Wildman–Crippen LogP) is 3.63. The molecule has 0 aromatic rings. The molecule has 5 unspecified atom stereocenters. The van der Waals surface area contributed by atoms with Gasteiger partial charge >= 0.3 is 12.2 Å². The molecule has 50 heavy (non-hydrogen) atoms. The minimum atomic E-state index is -2.06. The van der Waals surface area contributed by atoms with E-state index in [0.717, 1.165) is 45.2 Å². The van der Waals surface area contributed by atoms with E-state index < -0.39 is 70.5 Å². The van der Waals surface area contributed by atoms with Gasteiger partial charge in [0, 0.05) is 36.3 Å². The number of Topliss-reactive ketones (excluding diaryl/α,β-unsaturated/α-hetero) is 1. The number of nitrogens with two attached hydrogens (primary N) is 1. The molecule has 282 valence electrons. The summed E-state index contributed by atoms with van der Waals surface area (Å²) in [4.78, 5) is 49.9. The average molecular weight is 707 g/mol. The Bertz CT molecular complexity index is 1300. The van der Waals surface area contributed by atoms with E-state index in [4.69, 9.17) is 15.2 Å². The molecule has 0 bridgehead atoms. The average Bonchev–Trinajstić information content (AvgIpc) is 3.28. The van der Waals surface area contributed by atoms with Gasteiger partial charge in [-0.1, -0.05) is 38.0 Å². The molecule has 7 N–H and O–H groups in total. The number of alkyl halides is 1. The zero-order valence-electron chi connectivity index (χ0n) is 30.1. The number of nitrogens with one attached hydrogen (secondary N) is 3. The Hall–Kier alpha value is -2.87. The van der Waals surface area contributed by atoms with Crippen molar-refractivity contribution in [3.63, 3.8) is 0 Å². The SMILES string of the molecule is C[C@@H]1CC2C3CC=C4CC(=O)C=CC4(C)[C@@]3(F)C(O)CC2(C)[C@@]1(O)C(=O)COC(=O)NCCCCCCOC(=O)NCCCNCCCCN. The van der Waals surface area contributed by atoms with Crippen molar-refractivity contribution in [2.24, 2.45) is 34.3 Å². The van der Waals surface area contributed by atoms with Crippen LogP contribution in [0, 0.1) is 28.6 Å². The van der Waals surface area contributed by atoms with Crippen LogP contribution < -0.4 is 21.7 Å². The van der Waals surface area contributed by atoms with Gasteiger partial charge in [-0.2, -0.15) is 0 Å². The van der Waals surface area contributed by atoms with Crippen LogP contribution in [0.4, 0.5) is 14.0 Å². The Balaban J connectivity index is 1.15. The molecule has 0 heterocycles. The molecule has 0 radical (unpaired) electrons. The molecule has 4 rings (SSSR count). The van der Waals surface area contributed by atoms with E-state index in [9.17, 15) is 29.4 Å². The van der Waals surface area contributed by atoms with E-state index in [1.807, 2.05) is 6.08 Å². The zero-order valence-corrected chi connectivity index (χ0v) is 30.1. The number of ether oxygens (including phenoxy) is 2. The Kier molecular flexibility index (Phi) is 13.6. The van der Waals surface area contributed by atoms with Crippen LogP contribution in [-0.2, 0) is 19.1 Å². The smallest absolute Gasteiger partial charge is 0.407 e. The van der Waals surface area contributed by atoms with Crippen LogP contribution in [0.2, 0.25) is 0 Å². The molecular formula is C37H59FN4O8. The van der Waals surface area contributed by atoms with E-state index in [0.29, 0.717) is 57.5 Å². The summed E-state index contributed by atoms with van der Waals surface area (Å²) in [5.74, 6) is -2.41. The summed E-state index contributed by atoms with van der Waals surface area (Å²) in [5, 5.41) is 32.2. The molecule has 8 atom stereocenters. The molecular weight excluding hydrogens is 647 g/mol. The molecule has 2 amide bonds. The van der Waals surface area contributed by atoms with Gasteiger partial charge in [-0.25, -0.2) is 14.0 Å². The number of ketones is 2. The van der Waals surface area contributed by atoms with E-state index in [2.05, 4.69) is 16.0 Å². The summed E-state index contributed by atoms with van der Waals surface area (Å²) in [7, 11) is 0. The predicted molar refractivity (Wildman–Crippen MR) is 186 cm³/mol. The number of allylic oxidation sites excluding steroid dienone is 4. The van der Waals surface area contributed by atoms with Gasteiger partial charge in [0.2, 0.25) is 5.78 Å². The number of halogens is 1. The molecule has 0 aromatic heterocycles. The first-order chi connectivity index (χ1) is 23.8. The zero-order chi connectivity index (χ0) is 36.6. The summed E-state index contributed by atoms with van der Waals surface area (Å²) in [6.07, 6.45) is 8.64. The van der Waals surface area contributed by atoms with Gasteiger partial charge in [-0.3, -0.25) is 9.59 Å². The molecule has 12 nitrogen and oxygen atoms in total. The quantitative estimate of drug-likeness (QED) is 0.0907. The van der Waals surface area contributed by atoms with Gasteiger partial charge in [0.1, 0.15) is 5.60 Å². The summed E-state index contributed by atoms with van der Waals surface area (Å²) in [6.45, 7) is 8.19. The third kappa shape index (κ3) is 7.95. The third-order valence-corrected chi connectivity index (χ3v) is 12.1. The third-order valence-electron chi connectivity index (χ3n) is 12.1. The van der Waals surface area contributed by atoms with Gasteiger partial charge < -0.3 is 41.4 Å². The number of hydrogen-bond donors (Lipinski definition) is 6. The Labute approximate surface area is 295 Å². The summed E-state index contributed by atoms with van der Waals surface area (Å²) in [6, 6.07) is 0. The molecule has 4 aliphatic carbocycles. The van der Waals surface area contributed by atoms with Crippen molar-refractivity contribution < 1.29 is 43.3 Å². The highest BCUT2D eigenvalue weighted by atomic mass is 19.1. The van der Waals surface area contributed by atoms with Crippen molar-refractivity contribution in [2.45, 2.75) is 109 Å². The molecule has 4 aliphatic rings. The first kappa shape index (κ1) is 39.9. The van der Waals surface area contributed by atoms with Crippen LogP contribution in [0.15, 0.2) is 23.8 Å². The molecule has 0 aromatic carbocycles. The molecule has 2 fully saturated rings. The number of alkyl carbamates (subject to hydrolysis) is 2. The molecule has 2 saturated carbocycles. The highest BCUT2D eigenvalue weighted by Crippen LogP contribution is 2.70. The summed E-state index contributed by atoms with van der Waals surface area (Å²) in [5.41, 5.74) is -0.166. The summed E-state index contributed by atoms with van der Waals surface area (Å²) < 4.78 is 27.8. The highest BCUT2D eigenvalue weighted by molar-refractivity contribution is 5.94. The lowest BCUT2D eigenvalue weighted by molar-refractivity contribution is -0.215. The highest BCUT2D eigenvalue weighted by Gasteiger charge is 2.75. The number of fused-ring (bicyclic) bond motifs is 5. The lowest BCUT2D eigenvalue weighted by Gasteiger charge is -2.62. The second-order valence-electron chi connectivity index (χ2n) is 15.2. The first-order valence-electron chi connectivity index (χ1n) is 18.5. The monoisotopic (exact) mass is 706 g/mol. The van der Waals surface area contributed by atoms with Crippen molar-refractivity contribution in [2.75, 3.05) is 45.9 Å².